The number of rotatable bonds is 3. The minimum absolute atomic E-state index is 0.139. The minimum atomic E-state index is -3.66. The van der Waals surface area contributed by atoms with Crippen molar-refractivity contribution in [1.82, 2.24) is 14.5 Å². The fourth-order valence-corrected chi connectivity index (χ4v) is 4.68. The van der Waals surface area contributed by atoms with Gasteiger partial charge in [0.25, 0.3) is 0 Å². The third kappa shape index (κ3) is 2.64. The zero-order chi connectivity index (χ0) is 15.9. The van der Waals surface area contributed by atoms with Gasteiger partial charge in [-0.05, 0) is 30.4 Å². The highest BCUT2D eigenvalue weighted by atomic mass is 32.2. The standard InChI is InChI=1S/C16H19N3O3S/c20-23(21,15-11-17-19-9-4-10-22-16(15)19)18-14-8-3-6-12-5-1-2-7-13(12)14/h1-2,5,7,11,14,18H,3-4,6,8-10H2. The second-order valence-electron chi connectivity index (χ2n) is 6.00. The molecule has 0 spiro atoms. The van der Waals surface area contributed by atoms with Crippen LogP contribution in [0.1, 0.15) is 36.4 Å². The number of ether oxygens (including phenoxy) is 1. The molecule has 1 unspecified atom stereocenters. The van der Waals surface area contributed by atoms with Gasteiger partial charge in [0.2, 0.25) is 15.9 Å². The van der Waals surface area contributed by atoms with E-state index in [-0.39, 0.29) is 10.9 Å². The molecular weight excluding hydrogens is 314 g/mol. The Morgan fingerprint density at radius 2 is 2.13 bits per heavy atom. The maximum Gasteiger partial charge on any atom is 0.248 e. The molecule has 1 aromatic heterocycles. The number of nitrogens with zero attached hydrogens (tertiary/aromatic N) is 2. The number of aromatic nitrogens is 2. The van der Waals surface area contributed by atoms with E-state index in [1.807, 2.05) is 18.2 Å². The minimum Gasteiger partial charge on any atom is -0.477 e. The summed E-state index contributed by atoms with van der Waals surface area (Å²) in [6.07, 6.45) is 5.02. The Balaban J connectivity index is 1.65. The predicted molar refractivity (Wildman–Crippen MR) is 84.8 cm³/mol. The Morgan fingerprint density at radius 1 is 1.26 bits per heavy atom. The molecular formula is C16H19N3O3S. The zero-order valence-electron chi connectivity index (χ0n) is 12.7. The third-order valence-corrected chi connectivity index (χ3v) is 5.92. The molecule has 2 heterocycles. The van der Waals surface area contributed by atoms with Crippen LogP contribution in [0.25, 0.3) is 0 Å². The van der Waals surface area contributed by atoms with Crippen molar-refractivity contribution in [2.24, 2.45) is 0 Å². The number of benzene rings is 1. The van der Waals surface area contributed by atoms with E-state index in [0.717, 1.165) is 31.2 Å². The molecule has 0 radical (unpaired) electrons. The highest BCUT2D eigenvalue weighted by Crippen LogP contribution is 2.33. The summed E-state index contributed by atoms with van der Waals surface area (Å²) in [4.78, 5) is 0.139. The van der Waals surface area contributed by atoms with Crippen molar-refractivity contribution in [3.05, 3.63) is 41.6 Å². The van der Waals surface area contributed by atoms with Crippen LogP contribution in [-0.2, 0) is 23.0 Å². The highest BCUT2D eigenvalue weighted by Gasteiger charge is 2.30. The van der Waals surface area contributed by atoms with E-state index in [4.69, 9.17) is 4.74 Å². The average Bonchev–Trinajstić information content (AvgIpc) is 3.00. The third-order valence-electron chi connectivity index (χ3n) is 4.47. The van der Waals surface area contributed by atoms with E-state index in [9.17, 15) is 8.42 Å². The zero-order valence-corrected chi connectivity index (χ0v) is 13.6. The van der Waals surface area contributed by atoms with Gasteiger partial charge in [-0.3, -0.25) is 0 Å². The van der Waals surface area contributed by atoms with Crippen LogP contribution in [0, 0.1) is 0 Å². The van der Waals surface area contributed by atoms with Gasteiger partial charge in [-0.25, -0.2) is 17.8 Å². The summed E-state index contributed by atoms with van der Waals surface area (Å²) in [5.41, 5.74) is 2.30. The molecule has 122 valence electrons. The summed E-state index contributed by atoms with van der Waals surface area (Å²) in [6.45, 7) is 1.22. The number of hydrogen-bond donors (Lipinski definition) is 1. The fourth-order valence-electron chi connectivity index (χ4n) is 3.36. The van der Waals surface area contributed by atoms with Crippen LogP contribution in [0.5, 0.6) is 5.88 Å². The van der Waals surface area contributed by atoms with Gasteiger partial charge in [0.1, 0.15) is 0 Å². The second-order valence-corrected chi connectivity index (χ2v) is 7.69. The Bertz CT molecular complexity index is 829. The Kier molecular flexibility index (Phi) is 3.61. The van der Waals surface area contributed by atoms with E-state index < -0.39 is 10.0 Å². The number of fused-ring (bicyclic) bond motifs is 2. The number of sulfonamides is 1. The molecule has 7 heteroatoms. The monoisotopic (exact) mass is 333 g/mol. The van der Waals surface area contributed by atoms with E-state index in [1.165, 1.54) is 11.8 Å². The maximum absolute atomic E-state index is 12.8. The Labute approximate surface area is 135 Å². The molecule has 2 aliphatic rings. The van der Waals surface area contributed by atoms with Crippen molar-refractivity contribution >= 4 is 10.0 Å². The lowest BCUT2D eigenvalue weighted by molar-refractivity contribution is 0.224. The summed E-state index contributed by atoms with van der Waals surface area (Å²) in [5.74, 6) is 0.354. The van der Waals surface area contributed by atoms with E-state index in [1.54, 1.807) is 4.68 Å². The summed E-state index contributed by atoms with van der Waals surface area (Å²) >= 11 is 0. The van der Waals surface area contributed by atoms with Crippen molar-refractivity contribution in [2.75, 3.05) is 6.61 Å². The predicted octanol–water partition coefficient (Wildman–Crippen LogP) is 2.02. The molecule has 0 saturated heterocycles. The van der Waals surface area contributed by atoms with Crippen LogP contribution in [0.4, 0.5) is 0 Å². The fraction of sp³-hybridized carbons (Fsp3) is 0.438. The topological polar surface area (TPSA) is 73.2 Å². The van der Waals surface area contributed by atoms with Crippen molar-refractivity contribution in [3.8, 4) is 5.88 Å². The number of aryl methyl sites for hydroxylation is 2. The molecule has 0 amide bonds. The largest absolute Gasteiger partial charge is 0.477 e. The lowest BCUT2D eigenvalue weighted by Gasteiger charge is -2.26. The van der Waals surface area contributed by atoms with E-state index >= 15 is 0 Å². The van der Waals surface area contributed by atoms with Crippen molar-refractivity contribution in [1.29, 1.82) is 0 Å². The second kappa shape index (κ2) is 5.65. The van der Waals surface area contributed by atoms with Crippen LogP contribution in [0.2, 0.25) is 0 Å². The summed E-state index contributed by atoms with van der Waals surface area (Å²) < 4.78 is 35.6. The van der Waals surface area contributed by atoms with Gasteiger partial charge in [0.05, 0.1) is 12.8 Å². The average molecular weight is 333 g/mol. The molecule has 6 nitrogen and oxygen atoms in total. The highest BCUT2D eigenvalue weighted by molar-refractivity contribution is 7.89. The van der Waals surface area contributed by atoms with E-state index in [0.29, 0.717) is 19.0 Å². The van der Waals surface area contributed by atoms with E-state index in [2.05, 4.69) is 15.9 Å². The van der Waals surface area contributed by atoms with Crippen LogP contribution < -0.4 is 9.46 Å². The van der Waals surface area contributed by atoms with Gasteiger partial charge in [0, 0.05) is 19.0 Å². The van der Waals surface area contributed by atoms with Gasteiger partial charge >= 0.3 is 0 Å². The molecule has 1 N–H and O–H groups in total. The SMILES string of the molecule is O=S(=O)(NC1CCCc2ccccc21)c1cnn2c1OCCC2. The van der Waals surface area contributed by atoms with Gasteiger partial charge < -0.3 is 4.74 Å². The van der Waals surface area contributed by atoms with Gasteiger partial charge in [-0.2, -0.15) is 5.10 Å². The normalized spacial score (nSPS) is 20.4. The summed E-state index contributed by atoms with van der Waals surface area (Å²) in [5, 5.41) is 4.13. The molecule has 1 atom stereocenters. The van der Waals surface area contributed by atoms with Crippen molar-refractivity contribution in [3.63, 3.8) is 0 Å². The molecule has 1 aliphatic carbocycles. The molecule has 4 rings (SSSR count). The first-order valence-electron chi connectivity index (χ1n) is 7.94. The van der Waals surface area contributed by atoms with Crippen LogP contribution in [0.3, 0.4) is 0 Å². The Hall–Kier alpha value is -1.86. The first-order chi connectivity index (χ1) is 11.1. The number of nitrogens with one attached hydrogen (secondary N) is 1. The summed E-state index contributed by atoms with van der Waals surface area (Å²) in [7, 11) is -3.66. The molecule has 2 aromatic rings. The van der Waals surface area contributed by atoms with Gasteiger partial charge in [-0.1, -0.05) is 24.3 Å². The molecule has 0 fully saturated rings. The molecule has 1 aromatic carbocycles. The molecule has 1 aliphatic heterocycles. The van der Waals surface area contributed by atoms with Crippen molar-refractivity contribution < 1.29 is 13.2 Å². The van der Waals surface area contributed by atoms with Gasteiger partial charge in [0.15, 0.2) is 4.90 Å². The first kappa shape index (κ1) is 14.7. The van der Waals surface area contributed by atoms with Crippen molar-refractivity contribution in [2.45, 2.75) is 43.2 Å². The molecule has 0 saturated carbocycles. The van der Waals surface area contributed by atoms with Crippen LogP contribution in [-0.4, -0.2) is 24.8 Å². The molecule has 23 heavy (non-hydrogen) atoms. The van der Waals surface area contributed by atoms with Crippen LogP contribution in [0.15, 0.2) is 35.4 Å². The maximum atomic E-state index is 12.8. The number of hydrogen-bond acceptors (Lipinski definition) is 4. The first-order valence-corrected chi connectivity index (χ1v) is 9.42. The smallest absolute Gasteiger partial charge is 0.248 e. The Morgan fingerprint density at radius 3 is 3.04 bits per heavy atom. The van der Waals surface area contributed by atoms with Crippen LogP contribution >= 0.6 is 0 Å². The summed E-state index contributed by atoms with van der Waals surface area (Å²) in [6, 6.07) is 7.84. The lowest BCUT2D eigenvalue weighted by Crippen LogP contribution is -2.31. The van der Waals surface area contributed by atoms with Gasteiger partial charge in [-0.15, -0.1) is 0 Å². The quantitative estimate of drug-likeness (QED) is 0.933. The lowest BCUT2D eigenvalue weighted by atomic mass is 9.88. The molecule has 0 bridgehead atoms.